The molecule has 0 aromatic heterocycles. The number of hydrogen-bond donors (Lipinski definition) is 5. The lowest BCUT2D eigenvalue weighted by Gasteiger charge is -2.26. The van der Waals surface area contributed by atoms with Gasteiger partial charge >= 0.3 is 0 Å². The average molecular weight is 606 g/mol. The second kappa shape index (κ2) is 15.8. The van der Waals surface area contributed by atoms with Gasteiger partial charge in [0, 0.05) is 12.8 Å². The first-order valence-corrected chi connectivity index (χ1v) is 15.0. The summed E-state index contributed by atoms with van der Waals surface area (Å²) in [6.07, 6.45) is 1.37. The maximum atomic E-state index is 13.6. The van der Waals surface area contributed by atoms with E-state index in [9.17, 15) is 28.8 Å². The number of nitrogens with one attached hydrogen (secondary N) is 4. The minimum atomic E-state index is -1.30. The van der Waals surface area contributed by atoms with E-state index < -0.39 is 59.6 Å². The van der Waals surface area contributed by atoms with Crippen molar-refractivity contribution in [3.8, 4) is 0 Å². The van der Waals surface area contributed by atoms with Crippen molar-refractivity contribution >= 4 is 35.3 Å². The van der Waals surface area contributed by atoms with E-state index in [1.54, 1.807) is 24.3 Å². The monoisotopic (exact) mass is 605 g/mol. The van der Waals surface area contributed by atoms with Crippen LogP contribution in [0, 0.1) is 5.92 Å². The van der Waals surface area contributed by atoms with Crippen molar-refractivity contribution < 1.29 is 28.8 Å². The minimum absolute atomic E-state index is 0.0795. The quantitative estimate of drug-likeness (QED) is 0.182. The zero-order valence-electron chi connectivity index (χ0n) is 25.6. The number of carbonyl (C=O) groups excluding carboxylic acids is 6. The molecule has 1 saturated carbocycles. The van der Waals surface area contributed by atoms with Gasteiger partial charge in [-0.1, -0.05) is 74.5 Å². The fraction of sp³-hybridized carbons (Fsp3) is 0.455. The van der Waals surface area contributed by atoms with Crippen LogP contribution in [0.2, 0.25) is 0 Å². The van der Waals surface area contributed by atoms with Gasteiger partial charge in [0.15, 0.2) is 5.78 Å². The molecule has 0 saturated heterocycles. The van der Waals surface area contributed by atoms with E-state index in [0.717, 1.165) is 11.1 Å². The summed E-state index contributed by atoms with van der Waals surface area (Å²) < 4.78 is 0. The minimum Gasteiger partial charge on any atom is -0.370 e. The lowest BCUT2D eigenvalue weighted by Crippen LogP contribution is -2.59. The molecule has 6 N–H and O–H groups in total. The summed E-state index contributed by atoms with van der Waals surface area (Å²) in [6.45, 7) is 5.32. The first-order valence-electron chi connectivity index (χ1n) is 15.0. The van der Waals surface area contributed by atoms with Crippen LogP contribution in [0.4, 0.5) is 0 Å². The van der Waals surface area contributed by atoms with Gasteiger partial charge in [-0.25, -0.2) is 0 Å². The number of hydrogen-bond acceptors (Lipinski definition) is 6. The highest BCUT2D eigenvalue weighted by Gasteiger charge is 2.52. The summed E-state index contributed by atoms with van der Waals surface area (Å²) >= 11 is 0. The highest BCUT2D eigenvalue weighted by Crippen LogP contribution is 2.36. The Morgan fingerprint density at radius 2 is 1.36 bits per heavy atom. The third-order valence-corrected chi connectivity index (χ3v) is 7.51. The summed E-state index contributed by atoms with van der Waals surface area (Å²) in [5.74, 6) is -3.06. The molecule has 44 heavy (non-hydrogen) atoms. The van der Waals surface area contributed by atoms with Crippen LogP contribution < -0.4 is 27.0 Å². The molecule has 5 amide bonds. The zero-order valence-corrected chi connectivity index (χ0v) is 25.6. The van der Waals surface area contributed by atoms with Crippen molar-refractivity contribution in [3.63, 3.8) is 0 Å². The van der Waals surface area contributed by atoms with Crippen molar-refractivity contribution in [1.29, 1.82) is 0 Å². The SMILES string of the molecule is CC(=O)[C@H](CC(C)C)NC(=O)C1(NC(=O)[C@H](Cc2ccccc2)NC(=O)[C@H](CC(N)=O)NC(=O)CCc2ccccc2)CC1. The Labute approximate surface area is 258 Å². The highest BCUT2D eigenvalue weighted by atomic mass is 16.2. The fourth-order valence-corrected chi connectivity index (χ4v) is 4.86. The van der Waals surface area contributed by atoms with Crippen molar-refractivity contribution in [1.82, 2.24) is 21.3 Å². The molecule has 0 bridgehead atoms. The summed E-state index contributed by atoms with van der Waals surface area (Å²) in [6, 6.07) is 15.2. The molecule has 0 radical (unpaired) electrons. The molecule has 1 aliphatic carbocycles. The van der Waals surface area contributed by atoms with Crippen molar-refractivity contribution in [2.75, 3.05) is 0 Å². The van der Waals surface area contributed by atoms with Gasteiger partial charge in [-0.3, -0.25) is 28.8 Å². The normalized spacial score (nSPS) is 15.3. The van der Waals surface area contributed by atoms with Crippen LogP contribution in [0.15, 0.2) is 60.7 Å². The Hall–Kier alpha value is -4.54. The number of rotatable bonds is 17. The molecule has 236 valence electrons. The smallest absolute Gasteiger partial charge is 0.246 e. The highest BCUT2D eigenvalue weighted by molar-refractivity contribution is 5.99. The molecule has 3 atom stereocenters. The number of nitrogens with two attached hydrogens (primary N) is 1. The molecular weight excluding hydrogens is 562 g/mol. The third-order valence-electron chi connectivity index (χ3n) is 7.51. The van der Waals surface area contributed by atoms with Crippen LogP contribution in [0.5, 0.6) is 0 Å². The Morgan fingerprint density at radius 1 is 0.773 bits per heavy atom. The molecule has 2 aromatic rings. The molecule has 1 aliphatic rings. The first-order chi connectivity index (χ1) is 20.9. The molecular formula is C33H43N5O6. The average Bonchev–Trinajstić information content (AvgIpc) is 3.76. The maximum absolute atomic E-state index is 13.6. The number of benzene rings is 2. The van der Waals surface area contributed by atoms with Gasteiger partial charge < -0.3 is 27.0 Å². The number of primary amides is 1. The van der Waals surface area contributed by atoms with E-state index in [1.165, 1.54) is 6.92 Å². The number of ketones is 1. The van der Waals surface area contributed by atoms with E-state index in [4.69, 9.17) is 5.73 Å². The number of Topliss-reactive ketones (excluding diaryl/α,β-unsaturated/α-hetero) is 1. The molecule has 2 aromatic carbocycles. The van der Waals surface area contributed by atoms with Crippen LogP contribution in [0.25, 0.3) is 0 Å². The van der Waals surface area contributed by atoms with Crippen LogP contribution in [0.3, 0.4) is 0 Å². The van der Waals surface area contributed by atoms with E-state index in [1.807, 2.05) is 50.2 Å². The summed E-state index contributed by atoms with van der Waals surface area (Å²) in [5.41, 5.74) is 5.87. The summed E-state index contributed by atoms with van der Waals surface area (Å²) in [5, 5.41) is 10.8. The zero-order chi connectivity index (χ0) is 32.3. The van der Waals surface area contributed by atoms with Crippen molar-refractivity contribution in [2.24, 2.45) is 11.7 Å². The molecule has 0 spiro atoms. The second-order valence-electron chi connectivity index (χ2n) is 11.9. The van der Waals surface area contributed by atoms with Gasteiger partial charge in [0.25, 0.3) is 0 Å². The number of amides is 5. The molecule has 11 heteroatoms. The van der Waals surface area contributed by atoms with Crippen molar-refractivity contribution in [3.05, 3.63) is 71.8 Å². The van der Waals surface area contributed by atoms with Crippen LogP contribution >= 0.6 is 0 Å². The largest absolute Gasteiger partial charge is 0.370 e. The standard InChI is InChI=1S/C33H43N5O6/c1-21(2)18-25(22(3)39)37-32(44)33(16-17-33)38-31(43)26(19-24-12-8-5-9-13-24)36-30(42)27(20-28(34)40)35-29(41)15-14-23-10-6-4-7-11-23/h4-13,21,25-27H,14-20H2,1-3H3,(H2,34,40)(H,35,41)(H,36,42)(H,37,44)(H,38,43)/t25-,26-,27-/m0/s1. The van der Waals surface area contributed by atoms with E-state index >= 15 is 0 Å². The second-order valence-corrected chi connectivity index (χ2v) is 11.9. The Bertz CT molecular complexity index is 1330. The molecule has 1 fully saturated rings. The van der Waals surface area contributed by atoms with Gasteiger partial charge in [-0.15, -0.1) is 0 Å². The summed E-state index contributed by atoms with van der Waals surface area (Å²) in [4.78, 5) is 76.9. The lowest BCUT2D eigenvalue weighted by molar-refractivity contribution is -0.135. The Morgan fingerprint density at radius 3 is 1.89 bits per heavy atom. The number of carbonyl (C=O) groups is 6. The molecule has 0 heterocycles. The van der Waals surface area contributed by atoms with Gasteiger partial charge in [0.05, 0.1) is 12.5 Å². The predicted octanol–water partition coefficient (Wildman–Crippen LogP) is 1.48. The van der Waals surface area contributed by atoms with Crippen LogP contribution in [-0.4, -0.2) is 59.0 Å². The molecule has 0 aliphatic heterocycles. The first kappa shape index (κ1) is 34.0. The molecule has 3 rings (SSSR count). The topological polar surface area (TPSA) is 177 Å². The maximum Gasteiger partial charge on any atom is 0.246 e. The molecule has 11 nitrogen and oxygen atoms in total. The van der Waals surface area contributed by atoms with Gasteiger partial charge in [0.2, 0.25) is 29.5 Å². The van der Waals surface area contributed by atoms with Crippen LogP contribution in [-0.2, 0) is 41.6 Å². The molecule has 0 unspecified atom stereocenters. The lowest BCUT2D eigenvalue weighted by atomic mass is 10.00. The fourth-order valence-electron chi connectivity index (χ4n) is 4.86. The van der Waals surface area contributed by atoms with Crippen LogP contribution in [0.1, 0.15) is 64.0 Å². The van der Waals surface area contributed by atoms with E-state index in [2.05, 4.69) is 21.3 Å². The van der Waals surface area contributed by atoms with E-state index in [0.29, 0.717) is 25.7 Å². The summed E-state index contributed by atoms with van der Waals surface area (Å²) in [7, 11) is 0. The van der Waals surface area contributed by atoms with Crippen molar-refractivity contribution in [2.45, 2.75) is 89.4 Å². The van der Waals surface area contributed by atoms with E-state index in [-0.39, 0.29) is 24.5 Å². The van der Waals surface area contributed by atoms with Gasteiger partial charge in [0.1, 0.15) is 17.6 Å². The van der Waals surface area contributed by atoms with Gasteiger partial charge in [-0.05, 0) is 49.7 Å². The Balaban J connectivity index is 1.73. The Kier molecular flexibility index (Phi) is 12.2. The number of aryl methyl sites for hydroxylation is 1. The third kappa shape index (κ3) is 10.6. The predicted molar refractivity (Wildman–Crippen MR) is 165 cm³/mol. The van der Waals surface area contributed by atoms with Gasteiger partial charge in [-0.2, -0.15) is 0 Å².